The van der Waals surface area contributed by atoms with Crippen LogP contribution in [-0.4, -0.2) is 0 Å². The molecular weight excluding hydrogens is 408 g/mol. The molecule has 0 amide bonds. The summed E-state index contributed by atoms with van der Waals surface area (Å²) in [7, 11) is 0. The molecule has 0 unspecified atom stereocenters. The van der Waals surface area contributed by atoms with Crippen molar-refractivity contribution in [3.05, 3.63) is 118 Å². The van der Waals surface area contributed by atoms with Crippen molar-refractivity contribution in [1.29, 1.82) is 0 Å². The Balaban J connectivity index is 0.944. The van der Waals surface area contributed by atoms with Gasteiger partial charge in [-0.3, -0.25) is 0 Å². The van der Waals surface area contributed by atoms with Crippen LogP contribution in [0, 0.1) is 0 Å². The second kappa shape index (κ2) is 9.63. The summed E-state index contributed by atoms with van der Waals surface area (Å²) in [6.07, 6.45) is 12.8. The number of hydrogen-bond donors (Lipinski definition) is 0. The number of rotatable bonds is 9. The molecule has 0 bridgehead atoms. The molecule has 0 radical (unpaired) electrons. The molecule has 6 rings (SSSR count). The Kier molecular flexibility index (Phi) is 6.06. The van der Waals surface area contributed by atoms with Crippen LogP contribution in [-0.2, 0) is 25.7 Å². The first-order valence-corrected chi connectivity index (χ1v) is 13.3. The first-order valence-electron chi connectivity index (χ1n) is 13.3. The fourth-order valence-electron chi connectivity index (χ4n) is 6.25. The number of hydrogen-bond acceptors (Lipinski definition) is 0. The highest BCUT2D eigenvalue weighted by Gasteiger charge is 2.21. The van der Waals surface area contributed by atoms with E-state index in [2.05, 4.69) is 84.9 Å². The second-order valence-corrected chi connectivity index (χ2v) is 10.2. The molecule has 0 atom stereocenters. The minimum absolute atomic E-state index is 1.12. The first-order chi connectivity index (χ1) is 16.9. The average Bonchev–Trinajstić information content (AvgIpc) is 3.45. The van der Waals surface area contributed by atoms with E-state index in [1.165, 1.54) is 84.7 Å². The van der Waals surface area contributed by atoms with Gasteiger partial charge >= 0.3 is 0 Å². The summed E-state index contributed by atoms with van der Waals surface area (Å²) < 4.78 is 0. The summed E-state index contributed by atoms with van der Waals surface area (Å²) >= 11 is 0. The summed E-state index contributed by atoms with van der Waals surface area (Å²) in [6, 6.07) is 31.7. The molecular formula is C34H34. The molecule has 0 aromatic heterocycles. The molecule has 0 heteroatoms. The van der Waals surface area contributed by atoms with Gasteiger partial charge in [-0.1, -0.05) is 111 Å². The largest absolute Gasteiger partial charge is 0.0619 e. The van der Waals surface area contributed by atoms with E-state index in [-0.39, 0.29) is 0 Å². The smallest absolute Gasteiger partial charge is 0.00107 e. The molecule has 0 aliphatic heterocycles. The molecule has 0 saturated carbocycles. The summed E-state index contributed by atoms with van der Waals surface area (Å²) in [6.45, 7) is 0. The third-order valence-electron chi connectivity index (χ3n) is 8.04. The highest BCUT2D eigenvalue weighted by molar-refractivity contribution is 5.78. The van der Waals surface area contributed by atoms with Gasteiger partial charge in [-0.15, -0.1) is 0 Å². The van der Waals surface area contributed by atoms with Crippen molar-refractivity contribution in [2.24, 2.45) is 0 Å². The fraction of sp³-hybridized carbons (Fsp3) is 0.294. The quantitative estimate of drug-likeness (QED) is 0.196. The molecule has 0 fully saturated rings. The molecule has 0 spiro atoms. The Morgan fingerprint density at radius 1 is 0.382 bits per heavy atom. The maximum Gasteiger partial charge on any atom is -0.00107 e. The maximum absolute atomic E-state index is 2.36. The third kappa shape index (κ3) is 4.11. The molecule has 0 N–H and O–H groups in total. The lowest BCUT2D eigenvalue weighted by Gasteiger charge is -2.09. The van der Waals surface area contributed by atoms with Crippen LogP contribution in [0.2, 0.25) is 0 Å². The lowest BCUT2D eigenvalue weighted by atomic mass is 9.95. The number of unbranched alkanes of at least 4 members (excludes halogenated alkanes) is 5. The third-order valence-corrected chi connectivity index (χ3v) is 8.04. The van der Waals surface area contributed by atoms with Crippen LogP contribution in [0.15, 0.2) is 84.9 Å². The zero-order valence-corrected chi connectivity index (χ0v) is 20.2. The molecule has 170 valence electrons. The van der Waals surface area contributed by atoms with Gasteiger partial charge in [0.05, 0.1) is 0 Å². The normalized spacial score (nSPS) is 12.8. The molecule has 0 nitrogen and oxygen atoms in total. The lowest BCUT2D eigenvalue weighted by Crippen LogP contribution is -1.94. The number of aryl methyl sites for hydroxylation is 2. The molecule has 34 heavy (non-hydrogen) atoms. The average molecular weight is 443 g/mol. The van der Waals surface area contributed by atoms with Crippen molar-refractivity contribution >= 4 is 0 Å². The summed E-state index contributed by atoms with van der Waals surface area (Å²) in [5.74, 6) is 0. The van der Waals surface area contributed by atoms with Crippen LogP contribution in [0.25, 0.3) is 22.3 Å². The van der Waals surface area contributed by atoms with E-state index in [9.17, 15) is 0 Å². The Morgan fingerprint density at radius 2 is 0.794 bits per heavy atom. The minimum Gasteiger partial charge on any atom is -0.0619 e. The highest BCUT2D eigenvalue weighted by atomic mass is 14.2. The van der Waals surface area contributed by atoms with Gasteiger partial charge in [0.1, 0.15) is 0 Å². The molecule has 4 aromatic carbocycles. The molecule has 0 heterocycles. The Bertz CT molecular complexity index is 1210. The summed E-state index contributed by atoms with van der Waals surface area (Å²) in [5, 5.41) is 0. The van der Waals surface area contributed by atoms with Crippen molar-refractivity contribution in [3.8, 4) is 22.3 Å². The monoisotopic (exact) mass is 442 g/mol. The van der Waals surface area contributed by atoms with Crippen LogP contribution in [0.4, 0.5) is 0 Å². The van der Waals surface area contributed by atoms with E-state index >= 15 is 0 Å². The van der Waals surface area contributed by atoms with Crippen LogP contribution >= 0.6 is 0 Å². The summed E-state index contributed by atoms with van der Waals surface area (Å²) in [4.78, 5) is 0. The van der Waals surface area contributed by atoms with Crippen molar-refractivity contribution in [2.75, 3.05) is 0 Å². The van der Waals surface area contributed by atoms with Crippen LogP contribution < -0.4 is 0 Å². The van der Waals surface area contributed by atoms with Crippen molar-refractivity contribution in [2.45, 2.75) is 64.2 Å². The van der Waals surface area contributed by atoms with Crippen molar-refractivity contribution in [1.82, 2.24) is 0 Å². The van der Waals surface area contributed by atoms with Crippen molar-refractivity contribution < 1.29 is 0 Å². The van der Waals surface area contributed by atoms with Crippen LogP contribution in [0.1, 0.15) is 71.9 Å². The standard InChI is InChI=1S/C34H34/c1(3-5-13-25-17-11-21-31-29-19-9-7-15-27(29)23-33(25)31)2-4-6-14-26-18-12-22-32-30-20-10-8-16-28(30)24-34(26)32/h7-12,15-22H,1-6,13-14,23-24H2. The number of fused-ring (bicyclic) bond motifs is 6. The zero-order chi connectivity index (χ0) is 22.7. The van der Waals surface area contributed by atoms with Crippen molar-refractivity contribution in [3.63, 3.8) is 0 Å². The molecule has 0 saturated heterocycles. The predicted octanol–water partition coefficient (Wildman–Crippen LogP) is 8.95. The zero-order valence-electron chi connectivity index (χ0n) is 20.2. The SMILES string of the molecule is c1ccc2c(c1)Cc1c(CCCCCCCCc3cccc4c3Cc3ccccc3-4)cccc1-2. The van der Waals surface area contributed by atoms with E-state index < -0.39 is 0 Å². The van der Waals surface area contributed by atoms with Gasteiger partial charge in [0.25, 0.3) is 0 Å². The second-order valence-electron chi connectivity index (χ2n) is 10.2. The van der Waals surface area contributed by atoms with Gasteiger partial charge in [-0.05, 0) is 94.2 Å². The van der Waals surface area contributed by atoms with E-state index in [1.807, 2.05) is 0 Å². The molecule has 2 aliphatic rings. The Labute approximate surface area is 204 Å². The fourth-order valence-corrected chi connectivity index (χ4v) is 6.25. The topological polar surface area (TPSA) is 0 Å². The van der Waals surface area contributed by atoms with Gasteiger partial charge in [-0.2, -0.15) is 0 Å². The van der Waals surface area contributed by atoms with Crippen LogP contribution in [0.3, 0.4) is 0 Å². The van der Waals surface area contributed by atoms with E-state index in [0.717, 1.165) is 12.8 Å². The van der Waals surface area contributed by atoms with Gasteiger partial charge < -0.3 is 0 Å². The Hall–Kier alpha value is -3.12. The van der Waals surface area contributed by atoms with Gasteiger partial charge in [-0.25, -0.2) is 0 Å². The maximum atomic E-state index is 2.36. The highest BCUT2D eigenvalue weighted by Crippen LogP contribution is 2.39. The van der Waals surface area contributed by atoms with Gasteiger partial charge in [0.15, 0.2) is 0 Å². The predicted molar refractivity (Wildman–Crippen MR) is 144 cm³/mol. The van der Waals surface area contributed by atoms with E-state index in [4.69, 9.17) is 0 Å². The number of benzene rings is 4. The lowest BCUT2D eigenvalue weighted by molar-refractivity contribution is 0.593. The van der Waals surface area contributed by atoms with E-state index in [1.54, 1.807) is 22.3 Å². The minimum atomic E-state index is 1.12. The van der Waals surface area contributed by atoms with Crippen LogP contribution in [0.5, 0.6) is 0 Å². The van der Waals surface area contributed by atoms with Gasteiger partial charge in [0.2, 0.25) is 0 Å². The van der Waals surface area contributed by atoms with Gasteiger partial charge in [0, 0.05) is 0 Å². The molecule has 2 aliphatic carbocycles. The summed E-state index contributed by atoms with van der Waals surface area (Å²) in [5.41, 5.74) is 15.2. The van der Waals surface area contributed by atoms with E-state index in [0.29, 0.717) is 0 Å². The first kappa shape index (κ1) is 21.4. The molecule has 4 aromatic rings. The Morgan fingerprint density at radius 3 is 1.29 bits per heavy atom.